The third-order valence-corrected chi connectivity index (χ3v) is 3.38. The summed E-state index contributed by atoms with van der Waals surface area (Å²) >= 11 is 0. The average molecular weight is 169 g/mol. The summed E-state index contributed by atoms with van der Waals surface area (Å²) in [6.45, 7) is 6.77. The van der Waals surface area contributed by atoms with Crippen LogP contribution in [0.2, 0.25) is 0 Å². The van der Waals surface area contributed by atoms with Crippen molar-refractivity contribution in [2.45, 2.75) is 51.3 Å². The number of likely N-dealkylation sites (tertiary alicyclic amines) is 1. The Labute approximate surface area is 74.9 Å². The van der Waals surface area contributed by atoms with E-state index >= 15 is 0 Å². The van der Waals surface area contributed by atoms with Crippen LogP contribution >= 0.6 is 0 Å². The summed E-state index contributed by atoms with van der Waals surface area (Å²) in [4.78, 5) is 2.64. The Morgan fingerprint density at radius 3 is 3.08 bits per heavy atom. The van der Waals surface area contributed by atoms with Crippen molar-refractivity contribution in [1.82, 2.24) is 4.90 Å². The van der Waals surface area contributed by atoms with Crippen LogP contribution < -0.4 is 0 Å². The Kier molecular flexibility index (Phi) is 2.37. The molecule has 2 bridgehead atoms. The molecule has 70 valence electrons. The van der Waals surface area contributed by atoms with Gasteiger partial charge < -0.3 is 4.74 Å². The summed E-state index contributed by atoms with van der Waals surface area (Å²) < 4.78 is 5.65. The van der Waals surface area contributed by atoms with Gasteiger partial charge in [0.05, 0.1) is 6.10 Å². The zero-order valence-corrected chi connectivity index (χ0v) is 8.12. The molecule has 0 saturated carbocycles. The van der Waals surface area contributed by atoms with E-state index < -0.39 is 0 Å². The van der Waals surface area contributed by atoms with E-state index in [1.807, 2.05) is 0 Å². The van der Waals surface area contributed by atoms with Gasteiger partial charge in [-0.1, -0.05) is 6.92 Å². The van der Waals surface area contributed by atoms with E-state index in [-0.39, 0.29) is 0 Å². The fourth-order valence-corrected chi connectivity index (χ4v) is 2.45. The lowest BCUT2D eigenvalue weighted by Crippen LogP contribution is -2.36. The molecule has 2 heteroatoms. The van der Waals surface area contributed by atoms with Crippen molar-refractivity contribution in [2.24, 2.45) is 0 Å². The highest BCUT2D eigenvalue weighted by Crippen LogP contribution is 2.29. The largest absolute Gasteiger partial charge is 0.377 e. The molecular formula is C10H19NO. The SMILES string of the molecule is CCC(C)N1CC2CC1CCO2. The molecule has 12 heavy (non-hydrogen) atoms. The fourth-order valence-electron chi connectivity index (χ4n) is 2.45. The van der Waals surface area contributed by atoms with Crippen molar-refractivity contribution in [2.75, 3.05) is 13.2 Å². The van der Waals surface area contributed by atoms with Crippen LogP contribution in [0.4, 0.5) is 0 Å². The molecule has 2 saturated heterocycles. The molecule has 0 spiro atoms. The molecule has 2 nitrogen and oxygen atoms in total. The smallest absolute Gasteiger partial charge is 0.0717 e. The van der Waals surface area contributed by atoms with Gasteiger partial charge in [0.2, 0.25) is 0 Å². The van der Waals surface area contributed by atoms with Crippen molar-refractivity contribution < 1.29 is 4.74 Å². The van der Waals surface area contributed by atoms with Crippen LogP contribution in [-0.4, -0.2) is 36.2 Å². The van der Waals surface area contributed by atoms with Gasteiger partial charge in [0.1, 0.15) is 0 Å². The molecule has 0 aliphatic carbocycles. The number of ether oxygens (including phenoxy) is 1. The molecule has 0 aromatic rings. The van der Waals surface area contributed by atoms with Gasteiger partial charge in [0.25, 0.3) is 0 Å². The summed E-state index contributed by atoms with van der Waals surface area (Å²) in [6, 6.07) is 1.58. The zero-order valence-electron chi connectivity index (χ0n) is 8.12. The van der Waals surface area contributed by atoms with E-state index in [0.717, 1.165) is 18.7 Å². The van der Waals surface area contributed by atoms with Crippen molar-refractivity contribution in [3.63, 3.8) is 0 Å². The number of hydrogen-bond donors (Lipinski definition) is 0. The maximum absolute atomic E-state index is 5.65. The van der Waals surface area contributed by atoms with Gasteiger partial charge in [-0.25, -0.2) is 0 Å². The Morgan fingerprint density at radius 2 is 2.42 bits per heavy atom. The van der Waals surface area contributed by atoms with Crippen molar-refractivity contribution in [3.05, 3.63) is 0 Å². The van der Waals surface area contributed by atoms with Gasteiger partial charge >= 0.3 is 0 Å². The predicted octanol–water partition coefficient (Wildman–Crippen LogP) is 1.65. The Morgan fingerprint density at radius 1 is 1.58 bits per heavy atom. The number of rotatable bonds is 2. The minimum atomic E-state index is 0.553. The predicted molar refractivity (Wildman–Crippen MR) is 49.2 cm³/mol. The summed E-state index contributed by atoms with van der Waals surface area (Å²) in [5, 5.41) is 0. The van der Waals surface area contributed by atoms with Gasteiger partial charge in [-0.3, -0.25) is 4.90 Å². The summed E-state index contributed by atoms with van der Waals surface area (Å²) in [5.74, 6) is 0. The molecule has 2 fully saturated rings. The second-order valence-electron chi connectivity index (χ2n) is 4.13. The summed E-state index contributed by atoms with van der Waals surface area (Å²) in [7, 11) is 0. The summed E-state index contributed by atoms with van der Waals surface area (Å²) in [6.07, 6.45) is 4.35. The minimum absolute atomic E-state index is 0.553. The zero-order chi connectivity index (χ0) is 8.55. The quantitative estimate of drug-likeness (QED) is 0.623. The highest BCUT2D eigenvalue weighted by molar-refractivity contribution is 4.91. The van der Waals surface area contributed by atoms with E-state index in [4.69, 9.17) is 4.74 Å². The number of fused-ring (bicyclic) bond motifs is 2. The van der Waals surface area contributed by atoms with E-state index in [2.05, 4.69) is 18.7 Å². The standard InChI is InChI=1S/C10H19NO/c1-3-8(2)11-7-10-6-9(11)4-5-12-10/h8-10H,3-7H2,1-2H3. The highest BCUT2D eigenvalue weighted by Gasteiger charge is 2.37. The number of hydrogen-bond acceptors (Lipinski definition) is 2. The minimum Gasteiger partial charge on any atom is -0.377 e. The van der Waals surface area contributed by atoms with E-state index in [1.54, 1.807) is 0 Å². The molecule has 3 unspecified atom stereocenters. The maximum Gasteiger partial charge on any atom is 0.0717 e. The molecule has 2 rings (SSSR count). The Hall–Kier alpha value is -0.0800. The highest BCUT2D eigenvalue weighted by atomic mass is 16.5. The summed E-state index contributed by atoms with van der Waals surface area (Å²) in [5.41, 5.74) is 0. The molecule has 0 aromatic heterocycles. The molecule has 2 heterocycles. The van der Waals surface area contributed by atoms with Crippen LogP contribution in [0.15, 0.2) is 0 Å². The molecule has 2 aliphatic heterocycles. The van der Waals surface area contributed by atoms with Gasteiger partial charge in [-0.15, -0.1) is 0 Å². The van der Waals surface area contributed by atoms with Crippen molar-refractivity contribution >= 4 is 0 Å². The lowest BCUT2D eigenvalue weighted by Gasteiger charge is -2.29. The van der Waals surface area contributed by atoms with Gasteiger partial charge in [-0.05, 0) is 26.2 Å². The van der Waals surface area contributed by atoms with E-state index in [1.165, 1.54) is 25.8 Å². The third kappa shape index (κ3) is 1.38. The fraction of sp³-hybridized carbons (Fsp3) is 1.00. The third-order valence-electron chi connectivity index (χ3n) is 3.38. The molecule has 0 radical (unpaired) electrons. The first-order valence-corrected chi connectivity index (χ1v) is 5.18. The molecule has 0 N–H and O–H groups in total. The van der Waals surface area contributed by atoms with Crippen molar-refractivity contribution in [3.8, 4) is 0 Å². The van der Waals surface area contributed by atoms with Gasteiger partial charge in [-0.2, -0.15) is 0 Å². The van der Waals surface area contributed by atoms with E-state index in [0.29, 0.717) is 6.10 Å². The van der Waals surface area contributed by atoms with Crippen LogP contribution in [-0.2, 0) is 4.74 Å². The van der Waals surface area contributed by atoms with Crippen LogP contribution in [0, 0.1) is 0 Å². The molecule has 0 amide bonds. The first kappa shape index (κ1) is 8.52. The first-order chi connectivity index (χ1) is 5.81. The topological polar surface area (TPSA) is 12.5 Å². The lowest BCUT2D eigenvalue weighted by molar-refractivity contribution is 0.0418. The maximum atomic E-state index is 5.65. The molecule has 0 aromatic carbocycles. The lowest BCUT2D eigenvalue weighted by atomic mass is 10.1. The first-order valence-electron chi connectivity index (χ1n) is 5.18. The second-order valence-corrected chi connectivity index (χ2v) is 4.13. The average Bonchev–Trinajstić information content (AvgIpc) is 2.40. The normalized spacial score (nSPS) is 38.5. The van der Waals surface area contributed by atoms with Crippen LogP contribution in [0.5, 0.6) is 0 Å². The molecular weight excluding hydrogens is 150 g/mol. The van der Waals surface area contributed by atoms with Gasteiger partial charge in [0.15, 0.2) is 0 Å². The van der Waals surface area contributed by atoms with Crippen LogP contribution in [0.25, 0.3) is 0 Å². The second kappa shape index (κ2) is 3.35. The molecule has 3 atom stereocenters. The van der Waals surface area contributed by atoms with Crippen LogP contribution in [0.1, 0.15) is 33.1 Å². The Balaban J connectivity index is 1.99. The Bertz CT molecular complexity index is 160. The monoisotopic (exact) mass is 169 g/mol. The van der Waals surface area contributed by atoms with Gasteiger partial charge in [0, 0.05) is 25.2 Å². The van der Waals surface area contributed by atoms with Crippen LogP contribution in [0.3, 0.4) is 0 Å². The van der Waals surface area contributed by atoms with Crippen molar-refractivity contribution in [1.29, 1.82) is 0 Å². The van der Waals surface area contributed by atoms with E-state index in [9.17, 15) is 0 Å². The molecule has 2 aliphatic rings. The number of nitrogens with zero attached hydrogens (tertiary/aromatic N) is 1.